The van der Waals surface area contributed by atoms with Crippen LogP contribution in [0.25, 0.3) is 6.08 Å². The van der Waals surface area contributed by atoms with Gasteiger partial charge in [-0.15, -0.1) is 0 Å². The molecule has 0 amide bonds. The van der Waals surface area contributed by atoms with Crippen molar-refractivity contribution >= 4 is 6.08 Å². The molecule has 0 saturated heterocycles. The van der Waals surface area contributed by atoms with Crippen molar-refractivity contribution in [2.24, 2.45) is 11.8 Å². The summed E-state index contributed by atoms with van der Waals surface area (Å²) in [6.07, 6.45) is 3.25. The lowest BCUT2D eigenvalue weighted by molar-refractivity contribution is 0.745. The van der Waals surface area contributed by atoms with E-state index in [1.54, 1.807) is 0 Å². The molecule has 0 aliphatic heterocycles. The van der Waals surface area contributed by atoms with Gasteiger partial charge in [0, 0.05) is 0 Å². The van der Waals surface area contributed by atoms with Crippen LogP contribution in [0.4, 0.5) is 0 Å². The van der Waals surface area contributed by atoms with Gasteiger partial charge in [0.15, 0.2) is 0 Å². The van der Waals surface area contributed by atoms with E-state index >= 15 is 0 Å². The lowest BCUT2D eigenvalue weighted by atomic mass is 9.98. The van der Waals surface area contributed by atoms with Crippen LogP contribution in [0.3, 0.4) is 0 Å². The minimum atomic E-state index is 0.588. The van der Waals surface area contributed by atoms with E-state index in [1.807, 2.05) is 12.1 Å². The number of benzene rings is 2. The van der Waals surface area contributed by atoms with Gasteiger partial charge in [0.05, 0.1) is 0 Å². The van der Waals surface area contributed by atoms with Crippen LogP contribution in [0.2, 0.25) is 0 Å². The third-order valence-corrected chi connectivity index (χ3v) is 4.20. The summed E-state index contributed by atoms with van der Waals surface area (Å²) in [6, 6.07) is 20.9. The summed E-state index contributed by atoms with van der Waals surface area (Å²) >= 11 is 0. The lowest BCUT2D eigenvalue weighted by Crippen LogP contribution is -1.96. The molecule has 0 spiro atoms. The Kier molecular flexibility index (Phi) is 8.86. The van der Waals surface area contributed by atoms with E-state index in [0.717, 1.165) is 6.42 Å². The molecule has 0 N–H and O–H groups in total. The molecule has 2 rings (SSSR count). The van der Waals surface area contributed by atoms with Crippen molar-refractivity contribution in [3.05, 3.63) is 89.5 Å². The second-order valence-electron chi connectivity index (χ2n) is 6.93. The molecule has 0 aliphatic rings. The normalized spacial score (nSPS) is 11.2. The fourth-order valence-corrected chi connectivity index (χ4v) is 2.04. The summed E-state index contributed by atoms with van der Waals surface area (Å²) in [4.78, 5) is 0. The number of rotatable bonds is 5. The summed E-state index contributed by atoms with van der Waals surface area (Å²) in [5, 5.41) is 0. The fourth-order valence-electron chi connectivity index (χ4n) is 2.04. The average molecular weight is 321 g/mol. The average Bonchev–Trinajstić information content (AvgIpc) is 2.57. The Labute approximate surface area is 148 Å². The predicted octanol–water partition coefficient (Wildman–Crippen LogP) is 7.19. The second kappa shape index (κ2) is 10.6. The van der Waals surface area contributed by atoms with Crippen LogP contribution in [0.1, 0.15) is 45.7 Å². The van der Waals surface area contributed by atoms with Crippen LogP contribution in [0.15, 0.2) is 78.4 Å². The highest BCUT2D eigenvalue weighted by atomic mass is 14.1. The molecule has 2 aromatic carbocycles. The highest BCUT2D eigenvalue weighted by Gasteiger charge is 2.00. The van der Waals surface area contributed by atoms with E-state index in [-0.39, 0.29) is 0 Å². The maximum atomic E-state index is 4.05. The highest BCUT2D eigenvalue weighted by Crippen LogP contribution is 2.14. The van der Waals surface area contributed by atoms with Crippen molar-refractivity contribution in [3.63, 3.8) is 0 Å². The van der Waals surface area contributed by atoms with Crippen molar-refractivity contribution in [2.45, 2.75) is 41.0 Å². The van der Waals surface area contributed by atoms with Gasteiger partial charge in [0.25, 0.3) is 0 Å². The van der Waals surface area contributed by atoms with Crippen LogP contribution in [-0.4, -0.2) is 0 Å². The first kappa shape index (κ1) is 20.0. The first-order valence-corrected chi connectivity index (χ1v) is 8.85. The van der Waals surface area contributed by atoms with Crippen molar-refractivity contribution in [3.8, 4) is 0 Å². The zero-order valence-electron chi connectivity index (χ0n) is 15.9. The first-order valence-electron chi connectivity index (χ1n) is 8.85. The minimum absolute atomic E-state index is 0.588. The van der Waals surface area contributed by atoms with E-state index in [0.29, 0.717) is 11.8 Å². The molecule has 0 aliphatic carbocycles. The van der Waals surface area contributed by atoms with E-state index in [2.05, 4.69) is 95.8 Å². The lowest BCUT2D eigenvalue weighted by Gasteiger charge is -2.08. The summed E-state index contributed by atoms with van der Waals surface area (Å²) in [5.74, 6) is 1.23. The van der Waals surface area contributed by atoms with Gasteiger partial charge < -0.3 is 0 Å². The van der Waals surface area contributed by atoms with E-state index in [9.17, 15) is 0 Å². The SMILES string of the molecule is C/C(=C/c1ccccc1)C(C)C.C=C(Cc1ccccc1)C(C)C. The first-order chi connectivity index (χ1) is 11.4. The van der Waals surface area contributed by atoms with Crippen LogP contribution in [0.5, 0.6) is 0 Å². The van der Waals surface area contributed by atoms with E-state index in [1.165, 1.54) is 22.3 Å². The Morgan fingerprint density at radius 1 is 0.833 bits per heavy atom. The van der Waals surface area contributed by atoms with Gasteiger partial charge in [-0.3, -0.25) is 0 Å². The van der Waals surface area contributed by atoms with Crippen LogP contribution < -0.4 is 0 Å². The number of hydrogen-bond donors (Lipinski definition) is 0. The zero-order valence-corrected chi connectivity index (χ0v) is 15.9. The van der Waals surface area contributed by atoms with Gasteiger partial charge in [-0.1, -0.05) is 112 Å². The third kappa shape index (κ3) is 7.97. The van der Waals surface area contributed by atoms with Crippen LogP contribution in [-0.2, 0) is 6.42 Å². The van der Waals surface area contributed by atoms with Gasteiger partial charge >= 0.3 is 0 Å². The molecule has 0 saturated carbocycles. The molecular weight excluding hydrogens is 288 g/mol. The minimum Gasteiger partial charge on any atom is -0.0993 e. The molecular formula is C24H32. The standard InChI is InChI=1S/2C12H16/c2*1-10(2)11(3)9-12-7-5-4-6-8-12/h4-10H,1-3H3;4-8,10H,3,9H2,1-2H3/b11-9-;. The zero-order chi connectivity index (χ0) is 17.9. The largest absolute Gasteiger partial charge is 0.0993 e. The summed E-state index contributed by atoms with van der Waals surface area (Å²) < 4.78 is 0. The van der Waals surface area contributed by atoms with Gasteiger partial charge in [-0.25, -0.2) is 0 Å². The molecule has 0 nitrogen and oxygen atoms in total. The van der Waals surface area contributed by atoms with Crippen LogP contribution >= 0.6 is 0 Å². The second-order valence-corrected chi connectivity index (χ2v) is 6.93. The monoisotopic (exact) mass is 320 g/mol. The van der Waals surface area contributed by atoms with Gasteiger partial charge in [0.1, 0.15) is 0 Å². The molecule has 0 fully saturated rings. The summed E-state index contributed by atoms with van der Waals surface area (Å²) in [6.45, 7) is 15.0. The smallest absolute Gasteiger partial charge is 0.00672 e. The van der Waals surface area contributed by atoms with Gasteiger partial charge in [-0.2, -0.15) is 0 Å². The Morgan fingerprint density at radius 2 is 1.33 bits per heavy atom. The Hall–Kier alpha value is -2.08. The number of allylic oxidation sites excluding steroid dienone is 2. The summed E-state index contributed by atoms with van der Waals surface area (Å²) in [5.41, 5.74) is 5.39. The molecule has 0 atom stereocenters. The predicted molar refractivity (Wildman–Crippen MR) is 109 cm³/mol. The van der Waals surface area contributed by atoms with Crippen molar-refractivity contribution in [2.75, 3.05) is 0 Å². The highest BCUT2D eigenvalue weighted by molar-refractivity contribution is 5.52. The third-order valence-electron chi connectivity index (χ3n) is 4.20. The Bertz CT molecular complexity index is 616. The molecule has 24 heavy (non-hydrogen) atoms. The molecule has 0 aromatic heterocycles. The fraction of sp³-hybridized carbons (Fsp3) is 0.333. The molecule has 0 heteroatoms. The Morgan fingerprint density at radius 3 is 1.79 bits per heavy atom. The maximum absolute atomic E-state index is 4.05. The topological polar surface area (TPSA) is 0 Å². The van der Waals surface area contributed by atoms with Crippen molar-refractivity contribution < 1.29 is 0 Å². The quantitative estimate of drug-likeness (QED) is 0.511. The molecule has 0 unspecified atom stereocenters. The maximum Gasteiger partial charge on any atom is -0.00672 e. The molecule has 128 valence electrons. The molecule has 0 heterocycles. The van der Waals surface area contributed by atoms with E-state index < -0.39 is 0 Å². The van der Waals surface area contributed by atoms with Crippen molar-refractivity contribution in [1.29, 1.82) is 0 Å². The molecule has 0 radical (unpaired) electrons. The Balaban J connectivity index is 0.000000240. The van der Waals surface area contributed by atoms with Gasteiger partial charge in [0.2, 0.25) is 0 Å². The van der Waals surface area contributed by atoms with Crippen LogP contribution in [0, 0.1) is 11.8 Å². The molecule has 2 aromatic rings. The van der Waals surface area contributed by atoms with Gasteiger partial charge in [-0.05, 0) is 36.3 Å². The molecule has 0 bridgehead atoms. The number of hydrogen-bond acceptors (Lipinski definition) is 0. The van der Waals surface area contributed by atoms with E-state index in [4.69, 9.17) is 0 Å². The summed E-state index contributed by atoms with van der Waals surface area (Å²) in [7, 11) is 0. The van der Waals surface area contributed by atoms with Crippen molar-refractivity contribution in [1.82, 2.24) is 0 Å².